The van der Waals surface area contributed by atoms with Gasteiger partial charge in [0.1, 0.15) is 10.8 Å². The van der Waals surface area contributed by atoms with Crippen LogP contribution in [0.25, 0.3) is 0 Å². The highest BCUT2D eigenvalue weighted by Gasteiger charge is 2.28. The first-order valence-electron chi connectivity index (χ1n) is 9.50. The Morgan fingerprint density at radius 1 is 1.29 bits per heavy atom. The molecule has 0 fully saturated rings. The van der Waals surface area contributed by atoms with Crippen LogP contribution in [0.3, 0.4) is 0 Å². The van der Waals surface area contributed by atoms with Gasteiger partial charge < -0.3 is 14.8 Å². The number of carbonyl (C=O) groups excluding carboxylic acids is 2. The predicted octanol–water partition coefficient (Wildman–Crippen LogP) is 5.17. The number of anilines is 1. The largest absolute Gasteiger partial charge is 0.494 e. The second-order valence-electron chi connectivity index (χ2n) is 6.69. The molecule has 1 amide bonds. The van der Waals surface area contributed by atoms with Crippen LogP contribution < -0.4 is 10.1 Å². The van der Waals surface area contributed by atoms with Gasteiger partial charge in [0.25, 0.3) is 0 Å². The zero-order chi connectivity index (χ0) is 20.1. The molecule has 2 aromatic rings. The van der Waals surface area contributed by atoms with Crippen LogP contribution in [0.5, 0.6) is 5.75 Å². The first kappa shape index (κ1) is 20.7. The molecule has 0 radical (unpaired) electrons. The number of carbonyl (C=O) groups is 2. The lowest BCUT2D eigenvalue weighted by Crippen LogP contribution is -2.15. The van der Waals surface area contributed by atoms with Gasteiger partial charge in [-0.2, -0.15) is 0 Å². The zero-order valence-corrected chi connectivity index (χ0v) is 17.7. The lowest BCUT2D eigenvalue weighted by molar-refractivity contribution is -0.116. The Bertz CT molecular complexity index is 878. The van der Waals surface area contributed by atoms with E-state index in [0.717, 1.165) is 36.1 Å². The Morgan fingerprint density at radius 3 is 2.86 bits per heavy atom. The fourth-order valence-corrected chi connectivity index (χ4v) is 4.64. The fourth-order valence-electron chi connectivity index (χ4n) is 3.23. The molecule has 0 unspecified atom stereocenters. The van der Waals surface area contributed by atoms with E-state index in [4.69, 9.17) is 21.1 Å². The summed E-state index contributed by atoms with van der Waals surface area (Å²) >= 11 is 7.50. The highest BCUT2D eigenvalue weighted by molar-refractivity contribution is 7.17. The average Bonchev–Trinajstić information content (AvgIpc) is 3.22. The minimum absolute atomic E-state index is 0.124. The number of fused-ring (bicyclic) bond motifs is 1. The van der Waals surface area contributed by atoms with Gasteiger partial charge in [-0.25, -0.2) is 4.79 Å². The van der Waals surface area contributed by atoms with Crippen LogP contribution in [0.1, 0.15) is 52.5 Å². The molecule has 0 aliphatic heterocycles. The number of nitrogens with one attached hydrogen (secondary N) is 1. The van der Waals surface area contributed by atoms with Crippen molar-refractivity contribution in [2.45, 2.75) is 46.0 Å². The molecule has 5 nitrogen and oxygen atoms in total. The van der Waals surface area contributed by atoms with Crippen LogP contribution in [-0.2, 0) is 22.4 Å². The van der Waals surface area contributed by atoms with Crippen molar-refractivity contribution in [3.63, 3.8) is 0 Å². The highest BCUT2D eigenvalue weighted by atomic mass is 35.5. The van der Waals surface area contributed by atoms with Gasteiger partial charge in [-0.15, -0.1) is 11.3 Å². The number of hydrogen-bond donors (Lipinski definition) is 1. The number of amides is 1. The summed E-state index contributed by atoms with van der Waals surface area (Å²) in [4.78, 5) is 25.9. The summed E-state index contributed by atoms with van der Waals surface area (Å²) in [6.07, 6.45) is 3.76. The summed E-state index contributed by atoms with van der Waals surface area (Å²) in [5, 5.41) is 4.21. The summed E-state index contributed by atoms with van der Waals surface area (Å²) in [6.45, 7) is 4.45. The van der Waals surface area contributed by atoms with Crippen LogP contribution in [0.4, 0.5) is 5.00 Å². The quantitative estimate of drug-likeness (QED) is 0.471. The molecule has 1 N–H and O–H groups in total. The molecule has 1 heterocycles. The Balaban J connectivity index is 1.53. The molecule has 0 spiro atoms. The Labute approximate surface area is 174 Å². The van der Waals surface area contributed by atoms with E-state index in [1.54, 1.807) is 13.0 Å². The molecule has 150 valence electrons. The third-order valence-electron chi connectivity index (χ3n) is 4.60. The first-order chi connectivity index (χ1) is 13.5. The van der Waals surface area contributed by atoms with Crippen molar-refractivity contribution >= 4 is 39.8 Å². The molecular weight excluding hydrogens is 398 g/mol. The van der Waals surface area contributed by atoms with E-state index >= 15 is 0 Å². The maximum atomic E-state index is 12.4. The molecule has 0 saturated heterocycles. The molecule has 0 saturated carbocycles. The van der Waals surface area contributed by atoms with Gasteiger partial charge in [0.2, 0.25) is 5.91 Å². The lowest BCUT2D eigenvalue weighted by Gasteiger charge is -2.09. The van der Waals surface area contributed by atoms with Crippen molar-refractivity contribution in [3.8, 4) is 5.75 Å². The summed E-state index contributed by atoms with van der Waals surface area (Å²) < 4.78 is 10.9. The Kier molecular flexibility index (Phi) is 6.97. The van der Waals surface area contributed by atoms with Crippen molar-refractivity contribution in [3.05, 3.63) is 44.8 Å². The number of ether oxygens (including phenoxy) is 2. The number of esters is 1. The molecule has 1 aliphatic carbocycles. The minimum Gasteiger partial charge on any atom is -0.494 e. The summed E-state index contributed by atoms with van der Waals surface area (Å²) in [5.41, 5.74) is 2.54. The molecule has 1 aromatic heterocycles. The van der Waals surface area contributed by atoms with Gasteiger partial charge in [0, 0.05) is 16.3 Å². The third-order valence-corrected chi connectivity index (χ3v) is 6.23. The molecule has 7 heteroatoms. The molecule has 0 bridgehead atoms. The van der Waals surface area contributed by atoms with Gasteiger partial charge in [0.15, 0.2) is 0 Å². The number of thiophene rings is 1. The van der Waals surface area contributed by atoms with Crippen molar-refractivity contribution in [2.24, 2.45) is 0 Å². The Morgan fingerprint density at radius 2 is 2.11 bits per heavy atom. The van der Waals surface area contributed by atoms with Gasteiger partial charge >= 0.3 is 5.97 Å². The Hall–Kier alpha value is -2.05. The standard InChI is InChI=1S/C21H24ClNO4S/c1-3-26-21(25)19-15-6-4-7-17(15)28-20(19)23-18(24)8-5-11-27-14-9-10-16(22)13(2)12-14/h9-10,12H,3-8,11H2,1-2H3,(H,23,24). The van der Waals surface area contributed by atoms with Gasteiger partial charge in [-0.1, -0.05) is 11.6 Å². The summed E-state index contributed by atoms with van der Waals surface area (Å²) in [5.74, 6) is 0.265. The number of halogens is 1. The summed E-state index contributed by atoms with van der Waals surface area (Å²) in [6, 6.07) is 5.49. The molecule has 1 aliphatic rings. The monoisotopic (exact) mass is 421 g/mol. The number of aryl methyl sites for hydroxylation is 2. The molecule has 28 heavy (non-hydrogen) atoms. The van der Waals surface area contributed by atoms with E-state index in [1.807, 2.05) is 19.1 Å². The van der Waals surface area contributed by atoms with Crippen LogP contribution >= 0.6 is 22.9 Å². The second kappa shape index (κ2) is 9.43. The van der Waals surface area contributed by atoms with E-state index in [0.29, 0.717) is 41.6 Å². The van der Waals surface area contributed by atoms with Gasteiger partial charge in [-0.05, 0) is 68.9 Å². The molecular formula is C21H24ClNO4S. The lowest BCUT2D eigenvalue weighted by atomic mass is 10.1. The van der Waals surface area contributed by atoms with Crippen LogP contribution in [0, 0.1) is 6.92 Å². The summed E-state index contributed by atoms with van der Waals surface area (Å²) in [7, 11) is 0. The molecule has 0 atom stereocenters. The van der Waals surface area contributed by atoms with E-state index in [9.17, 15) is 9.59 Å². The SMILES string of the molecule is CCOC(=O)c1c(NC(=O)CCCOc2ccc(Cl)c(C)c2)sc2c1CCC2. The van der Waals surface area contributed by atoms with Crippen molar-refractivity contribution in [1.82, 2.24) is 0 Å². The molecule has 3 rings (SSSR count). The smallest absolute Gasteiger partial charge is 0.341 e. The van der Waals surface area contributed by atoms with Crippen LogP contribution in [0.2, 0.25) is 5.02 Å². The fraction of sp³-hybridized carbons (Fsp3) is 0.429. The number of hydrogen-bond acceptors (Lipinski definition) is 5. The maximum absolute atomic E-state index is 12.4. The predicted molar refractivity (Wildman–Crippen MR) is 112 cm³/mol. The maximum Gasteiger partial charge on any atom is 0.341 e. The van der Waals surface area contributed by atoms with E-state index in [-0.39, 0.29) is 11.9 Å². The minimum atomic E-state index is -0.348. The topological polar surface area (TPSA) is 64.6 Å². The third kappa shape index (κ3) is 4.86. The molecule has 1 aromatic carbocycles. The second-order valence-corrected chi connectivity index (χ2v) is 8.21. The highest BCUT2D eigenvalue weighted by Crippen LogP contribution is 2.39. The average molecular weight is 422 g/mol. The first-order valence-corrected chi connectivity index (χ1v) is 10.7. The van der Waals surface area contributed by atoms with Crippen molar-refractivity contribution in [2.75, 3.05) is 18.5 Å². The van der Waals surface area contributed by atoms with Crippen molar-refractivity contribution < 1.29 is 19.1 Å². The van der Waals surface area contributed by atoms with Crippen molar-refractivity contribution in [1.29, 1.82) is 0 Å². The normalized spacial score (nSPS) is 12.5. The van der Waals surface area contributed by atoms with E-state index in [2.05, 4.69) is 5.32 Å². The van der Waals surface area contributed by atoms with Gasteiger partial charge in [-0.3, -0.25) is 4.79 Å². The number of rotatable bonds is 8. The van der Waals surface area contributed by atoms with Gasteiger partial charge in [0.05, 0.1) is 18.8 Å². The van der Waals surface area contributed by atoms with E-state index < -0.39 is 0 Å². The number of benzene rings is 1. The zero-order valence-electron chi connectivity index (χ0n) is 16.1. The van der Waals surface area contributed by atoms with E-state index in [1.165, 1.54) is 16.2 Å². The van der Waals surface area contributed by atoms with Crippen LogP contribution in [-0.4, -0.2) is 25.1 Å². The van der Waals surface area contributed by atoms with Crippen LogP contribution in [0.15, 0.2) is 18.2 Å².